The van der Waals surface area contributed by atoms with Gasteiger partial charge >= 0.3 is 0 Å². The van der Waals surface area contributed by atoms with Gasteiger partial charge in [0.2, 0.25) is 0 Å². The van der Waals surface area contributed by atoms with Gasteiger partial charge in [-0.25, -0.2) is 9.37 Å². The largest absolute Gasteiger partial charge is 0.392 e. The van der Waals surface area contributed by atoms with Crippen molar-refractivity contribution in [3.8, 4) is 11.3 Å². The molecule has 0 spiro atoms. The SMILES string of the molecule is CC1(CO)CC(c2ccc(CN)c(-c3cnc(NC(=O)c4ccccc4F)cn3)c2)=NO1. The molecule has 1 amide bonds. The number of nitrogens with two attached hydrogens (primary N) is 1. The molecule has 2 aromatic carbocycles. The molecule has 4 N–H and O–H groups in total. The minimum absolute atomic E-state index is 0.0778. The van der Waals surface area contributed by atoms with E-state index in [0.717, 1.165) is 16.7 Å². The van der Waals surface area contributed by atoms with Gasteiger partial charge in [0.1, 0.15) is 5.82 Å². The number of amides is 1. The monoisotopic (exact) mass is 435 g/mol. The van der Waals surface area contributed by atoms with Crippen LogP contribution in [0.3, 0.4) is 0 Å². The summed E-state index contributed by atoms with van der Waals surface area (Å²) < 4.78 is 13.8. The molecule has 1 aliphatic heterocycles. The molecule has 9 heteroatoms. The lowest BCUT2D eigenvalue weighted by Gasteiger charge is -2.17. The van der Waals surface area contributed by atoms with Gasteiger partial charge in [-0.2, -0.15) is 0 Å². The van der Waals surface area contributed by atoms with Crippen LogP contribution in [0.2, 0.25) is 0 Å². The number of carbonyl (C=O) groups is 1. The Morgan fingerprint density at radius 3 is 2.72 bits per heavy atom. The molecule has 0 fully saturated rings. The molecule has 0 bridgehead atoms. The highest BCUT2D eigenvalue weighted by Gasteiger charge is 2.34. The number of aliphatic hydroxyl groups excluding tert-OH is 1. The van der Waals surface area contributed by atoms with Crippen LogP contribution in [0.4, 0.5) is 10.2 Å². The summed E-state index contributed by atoms with van der Waals surface area (Å²) in [5, 5.41) is 16.2. The van der Waals surface area contributed by atoms with Gasteiger partial charge in [-0.15, -0.1) is 0 Å². The number of nitrogens with zero attached hydrogens (tertiary/aromatic N) is 3. The van der Waals surface area contributed by atoms with Crippen LogP contribution in [0.15, 0.2) is 60.0 Å². The van der Waals surface area contributed by atoms with Gasteiger partial charge in [0.15, 0.2) is 11.4 Å². The number of anilines is 1. The van der Waals surface area contributed by atoms with Crippen molar-refractivity contribution in [1.82, 2.24) is 9.97 Å². The molecular weight excluding hydrogens is 413 g/mol. The van der Waals surface area contributed by atoms with Crippen molar-refractivity contribution in [1.29, 1.82) is 0 Å². The van der Waals surface area contributed by atoms with Crippen molar-refractivity contribution in [2.45, 2.75) is 25.5 Å². The second kappa shape index (κ2) is 8.81. The highest BCUT2D eigenvalue weighted by molar-refractivity contribution is 6.04. The molecule has 32 heavy (non-hydrogen) atoms. The van der Waals surface area contributed by atoms with Crippen LogP contribution >= 0.6 is 0 Å². The van der Waals surface area contributed by atoms with Crippen molar-refractivity contribution in [2.24, 2.45) is 10.9 Å². The van der Waals surface area contributed by atoms with Crippen molar-refractivity contribution < 1.29 is 19.1 Å². The van der Waals surface area contributed by atoms with Gasteiger partial charge < -0.3 is 21.0 Å². The first-order valence-electron chi connectivity index (χ1n) is 10.00. The summed E-state index contributed by atoms with van der Waals surface area (Å²) in [7, 11) is 0. The summed E-state index contributed by atoms with van der Waals surface area (Å²) in [6.45, 7) is 1.94. The van der Waals surface area contributed by atoms with E-state index in [1.54, 1.807) is 13.0 Å². The van der Waals surface area contributed by atoms with Crippen LogP contribution in [0.25, 0.3) is 11.3 Å². The van der Waals surface area contributed by atoms with Crippen LogP contribution in [0, 0.1) is 5.82 Å². The molecule has 2 heterocycles. The van der Waals surface area contributed by atoms with Gasteiger partial charge in [0.25, 0.3) is 5.91 Å². The molecule has 0 radical (unpaired) electrons. The van der Waals surface area contributed by atoms with E-state index >= 15 is 0 Å². The van der Waals surface area contributed by atoms with E-state index in [1.165, 1.54) is 30.6 Å². The smallest absolute Gasteiger partial charge is 0.259 e. The number of hydrogen-bond donors (Lipinski definition) is 3. The van der Waals surface area contributed by atoms with Crippen LogP contribution in [0.1, 0.15) is 34.8 Å². The normalized spacial score (nSPS) is 17.6. The average Bonchev–Trinajstić information content (AvgIpc) is 3.22. The summed E-state index contributed by atoms with van der Waals surface area (Å²) in [4.78, 5) is 26.3. The van der Waals surface area contributed by atoms with E-state index in [-0.39, 0.29) is 18.0 Å². The van der Waals surface area contributed by atoms with E-state index in [9.17, 15) is 14.3 Å². The molecule has 0 saturated carbocycles. The maximum absolute atomic E-state index is 13.8. The third-order valence-electron chi connectivity index (χ3n) is 5.20. The Labute approximate surface area is 184 Å². The predicted molar refractivity (Wildman–Crippen MR) is 117 cm³/mol. The zero-order valence-corrected chi connectivity index (χ0v) is 17.4. The number of rotatable bonds is 6. The maximum Gasteiger partial charge on any atom is 0.259 e. The fraction of sp³-hybridized carbons (Fsp3) is 0.217. The van der Waals surface area contributed by atoms with Gasteiger partial charge in [0, 0.05) is 24.1 Å². The zero-order chi connectivity index (χ0) is 22.7. The topological polar surface area (TPSA) is 123 Å². The fourth-order valence-electron chi connectivity index (χ4n) is 3.36. The van der Waals surface area contributed by atoms with Gasteiger partial charge in [-0.05, 0) is 30.7 Å². The first kappa shape index (κ1) is 21.5. The predicted octanol–water partition coefficient (Wildman–Crippen LogP) is 2.87. The van der Waals surface area contributed by atoms with Gasteiger partial charge in [-0.3, -0.25) is 9.78 Å². The lowest BCUT2D eigenvalue weighted by Crippen LogP contribution is -2.29. The fourth-order valence-corrected chi connectivity index (χ4v) is 3.36. The van der Waals surface area contributed by atoms with E-state index in [4.69, 9.17) is 10.6 Å². The van der Waals surface area contributed by atoms with E-state index in [0.29, 0.717) is 24.4 Å². The third-order valence-corrected chi connectivity index (χ3v) is 5.20. The molecule has 1 aromatic heterocycles. The number of benzene rings is 2. The number of aliphatic hydroxyl groups is 1. The van der Waals surface area contributed by atoms with E-state index < -0.39 is 17.3 Å². The molecule has 1 atom stereocenters. The number of nitrogens with one attached hydrogen (secondary N) is 1. The van der Waals surface area contributed by atoms with E-state index in [2.05, 4.69) is 20.4 Å². The summed E-state index contributed by atoms with van der Waals surface area (Å²) in [6.07, 6.45) is 3.39. The Kier molecular flexibility index (Phi) is 5.93. The first-order valence-corrected chi connectivity index (χ1v) is 10.00. The Balaban J connectivity index is 1.57. The van der Waals surface area contributed by atoms with Gasteiger partial charge in [0.05, 0.1) is 36.0 Å². The minimum Gasteiger partial charge on any atom is -0.392 e. The number of oxime groups is 1. The first-order chi connectivity index (χ1) is 15.4. The summed E-state index contributed by atoms with van der Waals surface area (Å²) in [5.74, 6) is -1.03. The number of carbonyl (C=O) groups excluding carboxylic acids is 1. The Bertz CT molecular complexity index is 1180. The lowest BCUT2D eigenvalue weighted by molar-refractivity contribution is -0.0428. The van der Waals surface area contributed by atoms with Crippen molar-refractivity contribution in [2.75, 3.05) is 11.9 Å². The van der Waals surface area contributed by atoms with Crippen molar-refractivity contribution in [3.05, 3.63) is 77.4 Å². The summed E-state index contributed by atoms with van der Waals surface area (Å²) in [5.41, 5.74) is 8.81. The van der Waals surface area contributed by atoms with Crippen molar-refractivity contribution in [3.63, 3.8) is 0 Å². The number of hydrogen-bond acceptors (Lipinski definition) is 7. The average molecular weight is 435 g/mol. The van der Waals surface area contributed by atoms with Crippen LogP contribution in [-0.2, 0) is 11.4 Å². The molecule has 0 saturated heterocycles. The second-order valence-electron chi connectivity index (χ2n) is 7.71. The molecule has 164 valence electrons. The second-order valence-corrected chi connectivity index (χ2v) is 7.71. The molecule has 1 unspecified atom stereocenters. The molecule has 3 aromatic rings. The van der Waals surface area contributed by atoms with Gasteiger partial charge in [-0.1, -0.05) is 29.4 Å². The Morgan fingerprint density at radius 1 is 1.25 bits per heavy atom. The quantitative estimate of drug-likeness (QED) is 0.547. The summed E-state index contributed by atoms with van der Waals surface area (Å²) >= 11 is 0. The number of halogens is 1. The highest BCUT2D eigenvalue weighted by Crippen LogP contribution is 2.29. The summed E-state index contributed by atoms with van der Waals surface area (Å²) in [6, 6.07) is 11.4. The number of aromatic nitrogens is 2. The molecule has 8 nitrogen and oxygen atoms in total. The Hall–Kier alpha value is -3.69. The van der Waals surface area contributed by atoms with Crippen LogP contribution < -0.4 is 11.1 Å². The molecule has 0 aliphatic carbocycles. The molecule has 4 rings (SSSR count). The molecular formula is C23H22FN5O3. The van der Waals surface area contributed by atoms with E-state index in [1.807, 2.05) is 18.2 Å². The zero-order valence-electron chi connectivity index (χ0n) is 17.4. The van der Waals surface area contributed by atoms with Crippen molar-refractivity contribution >= 4 is 17.4 Å². The molecule has 1 aliphatic rings. The Morgan fingerprint density at radius 2 is 2.06 bits per heavy atom. The van der Waals surface area contributed by atoms with Crippen LogP contribution in [-0.4, -0.2) is 38.9 Å². The lowest BCUT2D eigenvalue weighted by atomic mass is 9.93. The third kappa shape index (κ3) is 4.34. The maximum atomic E-state index is 13.8. The highest BCUT2D eigenvalue weighted by atomic mass is 19.1. The van der Waals surface area contributed by atoms with Crippen LogP contribution in [0.5, 0.6) is 0 Å². The minimum atomic E-state index is -0.736. The standard InChI is InChI=1S/C23H22FN5O3/c1-23(13-30)9-19(29-32-23)14-6-7-15(10-25)17(8-14)20-11-27-21(12-26-20)28-22(31)16-4-2-3-5-18(16)24/h2-8,11-12,30H,9-10,13,25H2,1H3,(H,27,28,31).